The normalized spacial score (nSPS) is 10.7. The van der Waals surface area contributed by atoms with Gasteiger partial charge in [0.15, 0.2) is 22.4 Å². The number of aromatic amines is 1. The van der Waals surface area contributed by atoms with Gasteiger partial charge in [0.2, 0.25) is 0 Å². The number of carbonyl (C=O) groups is 1. The fourth-order valence-electron chi connectivity index (χ4n) is 1.74. The number of hydrogen-bond acceptors (Lipinski definition) is 6. The molecule has 7 nitrogen and oxygen atoms in total. The molecule has 0 radical (unpaired) electrons. The number of Topliss-reactive ketones (excluding diaryl/α,β-unsaturated/α-hetero) is 1. The number of thioether (sulfide) groups is 1. The molecule has 0 spiro atoms. The molecular weight excluding hydrogens is 294 g/mol. The molecule has 0 saturated carbocycles. The summed E-state index contributed by atoms with van der Waals surface area (Å²) in [6.07, 6.45) is 0.785. The summed E-state index contributed by atoms with van der Waals surface area (Å²) in [5.74, 6) is -0.760. The van der Waals surface area contributed by atoms with Crippen LogP contribution in [0.2, 0.25) is 0 Å². The fourth-order valence-corrected chi connectivity index (χ4v) is 2.61. The Labute approximate surface area is 124 Å². The van der Waals surface area contributed by atoms with E-state index in [0.717, 1.165) is 18.2 Å². The first-order valence-electron chi connectivity index (χ1n) is 6.36. The van der Waals surface area contributed by atoms with Gasteiger partial charge in [0.05, 0.1) is 5.75 Å². The molecule has 21 heavy (non-hydrogen) atoms. The highest BCUT2D eigenvalue weighted by Gasteiger charge is 2.13. The molecular formula is C13H15N3O4S. The number of ketones is 1. The highest BCUT2D eigenvalue weighted by Crippen LogP contribution is 2.26. The van der Waals surface area contributed by atoms with E-state index >= 15 is 0 Å². The molecule has 0 bridgehead atoms. The number of benzene rings is 1. The van der Waals surface area contributed by atoms with Gasteiger partial charge in [0, 0.05) is 12.1 Å². The summed E-state index contributed by atoms with van der Waals surface area (Å²) in [5, 5.41) is 25.3. The first kappa shape index (κ1) is 15.2. The molecule has 0 saturated heterocycles. The number of nitrogens with zero attached hydrogens (tertiary/aromatic N) is 2. The summed E-state index contributed by atoms with van der Waals surface area (Å²) in [5.41, 5.74) is -0.00759. The highest BCUT2D eigenvalue weighted by atomic mass is 32.2. The number of phenols is 2. The molecule has 3 N–H and O–H groups in total. The van der Waals surface area contributed by atoms with Gasteiger partial charge in [-0.25, -0.2) is 9.89 Å². The minimum absolute atomic E-state index is 0.0816. The van der Waals surface area contributed by atoms with Gasteiger partial charge in [-0.15, -0.1) is 5.10 Å². The van der Waals surface area contributed by atoms with Crippen molar-refractivity contribution in [1.82, 2.24) is 14.8 Å². The lowest BCUT2D eigenvalue weighted by Gasteiger charge is -2.04. The van der Waals surface area contributed by atoms with Gasteiger partial charge < -0.3 is 10.2 Å². The van der Waals surface area contributed by atoms with Crippen molar-refractivity contribution in [2.75, 3.05) is 5.75 Å². The Bertz CT molecular complexity index is 708. The summed E-state index contributed by atoms with van der Waals surface area (Å²) in [6.45, 7) is 2.48. The molecule has 0 atom stereocenters. The maximum atomic E-state index is 12.0. The van der Waals surface area contributed by atoms with Gasteiger partial charge in [0.25, 0.3) is 0 Å². The van der Waals surface area contributed by atoms with Crippen LogP contribution >= 0.6 is 11.8 Å². The van der Waals surface area contributed by atoms with Crippen LogP contribution in [0.5, 0.6) is 11.5 Å². The lowest BCUT2D eigenvalue weighted by atomic mass is 10.1. The topological polar surface area (TPSA) is 108 Å². The van der Waals surface area contributed by atoms with Crippen molar-refractivity contribution in [3.63, 3.8) is 0 Å². The summed E-state index contributed by atoms with van der Waals surface area (Å²) in [7, 11) is 0. The molecule has 8 heteroatoms. The monoisotopic (exact) mass is 309 g/mol. The SMILES string of the molecule is CCCn1c(SCC(=O)c2ccc(O)c(O)c2)n[nH]c1=O. The Balaban J connectivity index is 2.07. The molecule has 0 aliphatic rings. The molecule has 2 aromatic rings. The van der Waals surface area contributed by atoms with Crippen LogP contribution in [-0.4, -0.2) is 36.5 Å². The van der Waals surface area contributed by atoms with Crippen LogP contribution < -0.4 is 5.69 Å². The molecule has 1 heterocycles. The van der Waals surface area contributed by atoms with Crippen molar-refractivity contribution in [2.24, 2.45) is 0 Å². The zero-order valence-electron chi connectivity index (χ0n) is 11.4. The lowest BCUT2D eigenvalue weighted by molar-refractivity contribution is 0.102. The Morgan fingerprint density at radius 2 is 2.14 bits per heavy atom. The van der Waals surface area contributed by atoms with Crippen molar-refractivity contribution in [1.29, 1.82) is 0 Å². The maximum Gasteiger partial charge on any atom is 0.343 e. The minimum atomic E-state index is -0.339. The second kappa shape index (κ2) is 6.49. The summed E-state index contributed by atoms with van der Waals surface area (Å²) < 4.78 is 1.48. The molecule has 0 amide bonds. The van der Waals surface area contributed by atoms with E-state index in [1.54, 1.807) is 0 Å². The van der Waals surface area contributed by atoms with Gasteiger partial charge in [-0.2, -0.15) is 0 Å². The number of carbonyl (C=O) groups excluding carboxylic acids is 1. The number of aromatic hydroxyl groups is 2. The Kier molecular flexibility index (Phi) is 4.69. The average Bonchev–Trinajstić information content (AvgIpc) is 2.81. The second-order valence-electron chi connectivity index (χ2n) is 4.38. The largest absolute Gasteiger partial charge is 0.504 e. The van der Waals surface area contributed by atoms with E-state index in [1.807, 2.05) is 6.92 Å². The van der Waals surface area contributed by atoms with E-state index in [1.165, 1.54) is 22.8 Å². The number of H-pyrrole nitrogens is 1. The summed E-state index contributed by atoms with van der Waals surface area (Å²) in [4.78, 5) is 23.5. The van der Waals surface area contributed by atoms with Crippen LogP contribution in [0.15, 0.2) is 28.2 Å². The van der Waals surface area contributed by atoms with Gasteiger partial charge in [-0.1, -0.05) is 18.7 Å². The fraction of sp³-hybridized carbons (Fsp3) is 0.308. The molecule has 112 valence electrons. The number of rotatable bonds is 6. The highest BCUT2D eigenvalue weighted by molar-refractivity contribution is 7.99. The van der Waals surface area contributed by atoms with Crippen LogP contribution in [0.3, 0.4) is 0 Å². The van der Waals surface area contributed by atoms with Crippen LogP contribution in [0.4, 0.5) is 0 Å². The van der Waals surface area contributed by atoms with Crippen LogP contribution in [0.25, 0.3) is 0 Å². The number of aromatic nitrogens is 3. The quantitative estimate of drug-likeness (QED) is 0.422. The lowest BCUT2D eigenvalue weighted by Crippen LogP contribution is -2.17. The van der Waals surface area contributed by atoms with Gasteiger partial charge in [0.1, 0.15) is 0 Å². The first-order valence-corrected chi connectivity index (χ1v) is 7.34. The molecule has 0 aliphatic heterocycles. The second-order valence-corrected chi connectivity index (χ2v) is 5.32. The Morgan fingerprint density at radius 1 is 1.38 bits per heavy atom. The van der Waals surface area contributed by atoms with Gasteiger partial charge >= 0.3 is 5.69 Å². The third-order valence-electron chi connectivity index (χ3n) is 2.80. The number of nitrogens with one attached hydrogen (secondary N) is 1. The average molecular weight is 309 g/mol. The van der Waals surface area contributed by atoms with Crippen LogP contribution in [0, 0.1) is 0 Å². The van der Waals surface area contributed by atoms with Crippen LogP contribution in [0.1, 0.15) is 23.7 Å². The molecule has 1 aromatic heterocycles. The van der Waals surface area contributed by atoms with E-state index in [4.69, 9.17) is 0 Å². The van der Waals surface area contributed by atoms with Crippen LogP contribution in [-0.2, 0) is 6.54 Å². The number of hydrogen-bond donors (Lipinski definition) is 3. The Hall–Kier alpha value is -2.22. The standard InChI is InChI=1S/C13H15N3O4S/c1-2-5-16-12(20)14-15-13(16)21-7-11(19)8-3-4-9(17)10(18)6-8/h3-4,6,17-18H,2,5,7H2,1H3,(H,14,20). The maximum absolute atomic E-state index is 12.0. The molecule has 1 aromatic carbocycles. The van der Waals surface area contributed by atoms with E-state index < -0.39 is 0 Å². The molecule has 0 fully saturated rings. The van der Waals surface area contributed by atoms with Crippen molar-refractivity contribution >= 4 is 17.5 Å². The van der Waals surface area contributed by atoms with Crippen molar-refractivity contribution in [3.05, 3.63) is 34.2 Å². The van der Waals surface area contributed by atoms with Gasteiger partial charge in [-0.05, 0) is 24.6 Å². The zero-order chi connectivity index (χ0) is 15.4. The molecule has 0 aliphatic carbocycles. The van der Waals surface area contributed by atoms with Gasteiger partial charge in [-0.3, -0.25) is 9.36 Å². The van der Waals surface area contributed by atoms with E-state index in [0.29, 0.717) is 11.7 Å². The molecule has 0 unspecified atom stereocenters. The van der Waals surface area contributed by atoms with Crippen molar-refractivity contribution in [2.45, 2.75) is 25.0 Å². The first-order chi connectivity index (χ1) is 10.0. The smallest absolute Gasteiger partial charge is 0.343 e. The third kappa shape index (κ3) is 3.46. The van der Waals surface area contributed by atoms with E-state index in [-0.39, 0.29) is 34.3 Å². The van der Waals surface area contributed by atoms with Crippen molar-refractivity contribution < 1.29 is 15.0 Å². The minimum Gasteiger partial charge on any atom is -0.504 e. The summed E-state index contributed by atoms with van der Waals surface area (Å²) in [6, 6.07) is 3.90. The Morgan fingerprint density at radius 3 is 2.81 bits per heavy atom. The number of phenolic OH excluding ortho intramolecular Hbond substituents is 2. The predicted molar refractivity (Wildman–Crippen MR) is 78.0 cm³/mol. The van der Waals surface area contributed by atoms with Crippen molar-refractivity contribution in [3.8, 4) is 11.5 Å². The summed E-state index contributed by atoms with van der Waals surface area (Å²) >= 11 is 1.15. The predicted octanol–water partition coefficient (Wildman–Crippen LogP) is 1.37. The molecule has 2 rings (SSSR count). The van der Waals surface area contributed by atoms with E-state index in [9.17, 15) is 19.8 Å². The van der Waals surface area contributed by atoms with E-state index in [2.05, 4.69) is 10.2 Å². The third-order valence-corrected chi connectivity index (χ3v) is 3.78. The zero-order valence-corrected chi connectivity index (χ0v) is 12.2.